The molecule has 1 aliphatic carbocycles. The minimum Gasteiger partial charge on any atom is -0.496 e. The Bertz CT molecular complexity index is 1830. The summed E-state index contributed by atoms with van der Waals surface area (Å²) in [6.07, 6.45) is 5.27. The topological polar surface area (TPSA) is 96.0 Å². The van der Waals surface area contributed by atoms with Crippen LogP contribution in [-0.4, -0.2) is 50.9 Å². The first-order valence-corrected chi connectivity index (χ1v) is 19.4. The maximum atomic E-state index is 14.7. The van der Waals surface area contributed by atoms with Crippen LogP contribution >= 0.6 is 31.9 Å². The van der Waals surface area contributed by atoms with E-state index in [4.69, 9.17) is 4.74 Å². The van der Waals surface area contributed by atoms with E-state index in [1.54, 1.807) is 18.2 Å². The Labute approximate surface area is 306 Å². The molecule has 1 saturated carbocycles. The zero-order chi connectivity index (χ0) is 35.0. The van der Waals surface area contributed by atoms with Gasteiger partial charge in [-0.2, -0.15) is 0 Å². The summed E-state index contributed by atoms with van der Waals surface area (Å²) in [5, 5.41) is 3.24. The first kappa shape index (κ1) is 36.6. The molecule has 0 aromatic heterocycles. The lowest BCUT2D eigenvalue weighted by Gasteiger charge is -2.35. The number of rotatable bonds is 13. The molecule has 1 N–H and O–H groups in total. The van der Waals surface area contributed by atoms with Crippen molar-refractivity contribution in [3.8, 4) is 5.75 Å². The van der Waals surface area contributed by atoms with E-state index in [9.17, 15) is 18.0 Å². The summed E-state index contributed by atoms with van der Waals surface area (Å²) in [6.45, 7) is 1.50. The van der Waals surface area contributed by atoms with Crippen LogP contribution in [0.5, 0.6) is 5.75 Å². The number of hydrogen-bond donors (Lipinski definition) is 1. The molecule has 2 amide bonds. The van der Waals surface area contributed by atoms with Crippen molar-refractivity contribution in [2.45, 2.75) is 69.0 Å². The average molecular weight is 812 g/mol. The molecule has 258 valence electrons. The summed E-state index contributed by atoms with van der Waals surface area (Å²) in [5.41, 5.74) is 2.98. The predicted octanol–water partition coefficient (Wildman–Crippen LogP) is 7.81. The van der Waals surface area contributed by atoms with Crippen molar-refractivity contribution in [3.63, 3.8) is 0 Å². The van der Waals surface area contributed by atoms with Crippen molar-refractivity contribution in [3.05, 3.63) is 123 Å². The number of benzene rings is 4. The van der Waals surface area contributed by atoms with Crippen LogP contribution in [0.4, 0.5) is 5.69 Å². The molecule has 0 radical (unpaired) electrons. The number of halogens is 2. The van der Waals surface area contributed by atoms with Crippen LogP contribution in [0.2, 0.25) is 0 Å². The molecule has 1 aliphatic rings. The number of amides is 2. The normalized spacial score (nSPS) is 14.1. The van der Waals surface area contributed by atoms with E-state index in [-0.39, 0.29) is 29.8 Å². The summed E-state index contributed by atoms with van der Waals surface area (Å²) < 4.78 is 36.6. The number of sulfonamides is 1. The molecule has 8 nitrogen and oxygen atoms in total. The Balaban J connectivity index is 1.57. The van der Waals surface area contributed by atoms with Crippen molar-refractivity contribution < 1.29 is 22.7 Å². The van der Waals surface area contributed by atoms with E-state index in [2.05, 4.69) is 37.2 Å². The van der Waals surface area contributed by atoms with Gasteiger partial charge in [-0.25, -0.2) is 8.42 Å². The third kappa shape index (κ3) is 9.52. The van der Waals surface area contributed by atoms with Crippen molar-refractivity contribution in [1.82, 2.24) is 10.2 Å². The third-order valence-corrected chi connectivity index (χ3v) is 11.7. The second kappa shape index (κ2) is 16.8. The Morgan fingerprint density at radius 2 is 1.55 bits per heavy atom. The second-order valence-corrected chi connectivity index (χ2v) is 16.0. The van der Waals surface area contributed by atoms with Gasteiger partial charge < -0.3 is 15.0 Å². The number of anilines is 1. The number of aryl methyl sites for hydroxylation is 1. The molecule has 0 spiro atoms. The van der Waals surface area contributed by atoms with Gasteiger partial charge in [0.05, 0.1) is 22.2 Å². The number of methoxy groups -OCH3 is 1. The number of nitrogens with zero attached hydrogens (tertiary/aromatic N) is 2. The molecule has 4 aromatic carbocycles. The summed E-state index contributed by atoms with van der Waals surface area (Å²) in [5.74, 6) is -0.269. The number of carbonyl (C=O) groups excluding carboxylic acids is 2. The standard InChI is InChI=1S/C38H41Br2N3O5S/c1-27-13-19-32(20-14-27)43(49(46,47)33-21-22-36(48-2)34(40)24-33)26-37(44)42(25-29-15-17-30(39)18-16-29)35(23-28-9-5-3-6-10-28)38(45)41-31-11-7-4-8-12-31/h3,5-6,9-10,13-22,24,31,35H,4,7-8,11-12,23,25-26H2,1-2H3,(H,41,45)/t35-/m1/s1. The molecular weight excluding hydrogens is 770 g/mol. The van der Waals surface area contributed by atoms with Gasteiger partial charge in [-0.05, 0) is 89.3 Å². The molecule has 0 heterocycles. The number of ether oxygens (including phenoxy) is 1. The fourth-order valence-electron chi connectivity index (χ4n) is 6.06. The van der Waals surface area contributed by atoms with E-state index in [1.165, 1.54) is 24.1 Å². The first-order chi connectivity index (χ1) is 23.5. The fourth-order valence-corrected chi connectivity index (χ4v) is 8.46. The van der Waals surface area contributed by atoms with Crippen LogP contribution in [0, 0.1) is 6.92 Å². The number of nitrogens with one attached hydrogen (secondary N) is 1. The molecule has 0 saturated heterocycles. The maximum Gasteiger partial charge on any atom is 0.264 e. The summed E-state index contributed by atoms with van der Waals surface area (Å²) >= 11 is 6.89. The summed E-state index contributed by atoms with van der Waals surface area (Å²) in [6, 6.07) is 27.8. The van der Waals surface area contributed by atoms with Gasteiger partial charge in [0.1, 0.15) is 18.3 Å². The fraction of sp³-hybridized carbons (Fsp3) is 0.316. The van der Waals surface area contributed by atoms with E-state index in [0.717, 1.165) is 57.6 Å². The molecule has 1 fully saturated rings. The number of carbonyl (C=O) groups is 2. The molecule has 5 rings (SSSR count). The van der Waals surface area contributed by atoms with Gasteiger partial charge in [0.25, 0.3) is 10.0 Å². The van der Waals surface area contributed by atoms with Gasteiger partial charge in [-0.15, -0.1) is 0 Å². The Morgan fingerprint density at radius 3 is 2.18 bits per heavy atom. The van der Waals surface area contributed by atoms with Crippen molar-refractivity contribution in [1.29, 1.82) is 0 Å². The Kier molecular flexibility index (Phi) is 12.6. The molecule has 4 aromatic rings. The van der Waals surface area contributed by atoms with E-state index < -0.39 is 28.5 Å². The second-order valence-electron chi connectivity index (χ2n) is 12.3. The van der Waals surface area contributed by atoms with Crippen LogP contribution in [-0.2, 0) is 32.6 Å². The molecule has 0 bridgehead atoms. The van der Waals surface area contributed by atoms with E-state index in [1.807, 2.05) is 73.7 Å². The Morgan fingerprint density at radius 1 is 0.878 bits per heavy atom. The van der Waals surface area contributed by atoms with Crippen LogP contribution in [0.1, 0.15) is 48.8 Å². The Hall–Kier alpha value is -3.67. The molecule has 0 unspecified atom stereocenters. The SMILES string of the molecule is COc1ccc(S(=O)(=O)N(CC(=O)N(Cc2ccc(Br)cc2)[C@H](Cc2ccccc2)C(=O)NC2CCCCC2)c2ccc(C)cc2)cc1Br. The zero-order valence-electron chi connectivity index (χ0n) is 27.6. The molecule has 49 heavy (non-hydrogen) atoms. The van der Waals surface area contributed by atoms with E-state index in [0.29, 0.717) is 15.9 Å². The highest BCUT2D eigenvalue weighted by Gasteiger charge is 2.35. The lowest BCUT2D eigenvalue weighted by molar-refractivity contribution is -0.140. The van der Waals surface area contributed by atoms with Gasteiger partial charge in [0.15, 0.2) is 0 Å². The van der Waals surface area contributed by atoms with Crippen LogP contribution in [0.15, 0.2) is 111 Å². The summed E-state index contributed by atoms with van der Waals surface area (Å²) in [7, 11) is -2.75. The predicted molar refractivity (Wildman–Crippen MR) is 200 cm³/mol. The van der Waals surface area contributed by atoms with Gasteiger partial charge in [0, 0.05) is 23.5 Å². The van der Waals surface area contributed by atoms with Gasteiger partial charge in [-0.1, -0.05) is 95.4 Å². The molecule has 0 aliphatic heterocycles. The quantitative estimate of drug-likeness (QED) is 0.149. The molecule has 1 atom stereocenters. The minimum atomic E-state index is -4.26. The maximum absolute atomic E-state index is 14.7. The van der Waals surface area contributed by atoms with Gasteiger partial charge >= 0.3 is 0 Å². The lowest BCUT2D eigenvalue weighted by Crippen LogP contribution is -2.55. The van der Waals surface area contributed by atoms with Crippen LogP contribution in [0.25, 0.3) is 0 Å². The molecular formula is C38H41Br2N3O5S. The summed E-state index contributed by atoms with van der Waals surface area (Å²) in [4.78, 5) is 30.5. The zero-order valence-corrected chi connectivity index (χ0v) is 31.6. The smallest absolute Gasteiger partial charge is 0.264 e. The highest BCUT2D eigenvalue weighted by molar-refractivity contribution is 9.10. The van der Waals surface area contributed by atoms with Crippen molar-refractivity contribution >= 4 is 59.4 Å². The monoisotopic (exact) mass is 809 g/mol. The third-order valence-electron chi connectivity index (χ3n) is 8.80. The van der Waals surface area contributed by atoms with Crippen LogP contribution < -0.4 is 14.4 Å². The highest BCUT2D eigenvalue weighted by atomic mass is 79.9. The number of hydrogen-bond acceptors (Lipinski definition) is 5. The average Bonchev–Trinajstić information content (AvgIpc) is 3.10. The van der Waals surface area contributed by atoms with Crippen LogP contribution in [0.3, 0.4) is 0 Å². The first-order valence-electron chi connectivity index (χ1n) is 16.4. The largest absolute Gasteiger partial charge is 0.496 e. The van der Waals surface area contributed by atoms with Crippen molar-refractivity contribution in [2.24, 2.45) is 0 Å². The molecule has 11 heteroatoms. The lowest BCUT2D eigenvalue weighted by atomic mass is 9.94. The van der Waals surface area contributed by atoms with Gasteiger partial charge in [0.2, 0.25) is 11.8 Å². The minimum absolute atomic E-state index is 0.0103. The highest BCUT2D eigenvalue weighted by Crippen LogP contribution is 2.31. The van der Waals surface area contributed by atoms with E-state index >= 15 is 0 Å². The van der Waals surface area contributed by atoms with Gasteiger partial charge in [-0.3, -0.25) is 13.9 Å². The van der Waals surface area contributed by atoms with Crippen molar-refractivity contribution in [2.75, 3.05) is 18.0 Å².